The number of aryl methyl sites for hydroxylation is 2. The Hall–Kier alpha value is -2.18. The van der Waals surface area contributed by atoms with Gasteiger partial charge in [0.25, 0.3) is 5.91 Å². The van der Waals surface area contributed by atoms with E-state index in [1.807, 2.05) is 6.92 Å². The van der Waals surface area contributed by atoms with Crippen LogP contribution in [0.3, 0.4) is 0 Å². The number of aromatic amines is 1. The maximum absolute atomic E-state index is 11.9. The molecule has 2 rings (SSSR count). The molecule has 0 spiro atoms. The van der Waals surface area contributed by atoms with Crippen LogP contribution in [0.5, 0.6) is 0 Å². The second-order valence-corrected chi connectivity index (χ2v) is 3.53. The highest BCUT2D eigenvalue weighted by Gasteiger charge is 2.18. The van der Waals surface area contributed by atoms with Gasteiger partial charge < -0.3 is 9.84 Å². The minimum absolute atomic E-state index is 0.211. The molecule has 90 valence electrons. The van der Waals surface area contributed by atoms with Gasteiger partial charge in [0.2, 0.25) is 0 Å². The molecule has 0 aromatic carbocycles. The molecule has 0 fully saturated rings. The lowest BCUT2D eigenvalue weighted by Gasteiger charge is -2.02. The fourth-order valence-electron chi connectivity index (χ4n) is 1.52. The summed E-state index contributed by atoms with van der Waals surface area (Å²) in [7, 11) is 0. The normalized spacial score (nSPS) is 10.5. The zero-order valence-electron chi connectivity index (χ0n) is 9.65. The first-order chi connectivity index (χ1) is 8.22. The van der Waals surface area contributed by atoms with Gasteiger partial charge in [0.05, 0.1) is 12.2 Å². The molecule has 7 nitrogen and oxygen atoms in total. The van der Waals surface area contributed by atoms with E-state index in [0.717, 1.165) is 0 Å². The summed E-state index contributed by atoms with van der Waals surface area (Å²) in [6.45, 7) is 3.94. The zero-order chi connectivity index (χ0) is 12.3. The van der Waals surface area contributed by atoms with Crippen molar-refractivity contribution in [1.82, 2.24) is 25.7 Å². The molecule has 2 N–H and O–H groups in total. The molecule has 7 heteroatoms. The van der Waals surface area contributed by atoms with Crippen LogP contribution in [-0.2, 0) is 13.0 Å². The lowest BCUT2D eigenvalue weighted by atomic mass is 10.1. The van der Waals surface area contributed by atoms with Crippen molar-refractivity contribution in [2.75, 3.05) is 0 Å². The van der Waals surface area contributed by atoms with Gasteiger partial charge in [-0.25, -0.2) is 4.98 Å². The Morgan fingerprint density at radius 3 is 3.06 bits per heavy atom. The monoisotopic (exact) mass is 235 g/mol. The largest absolute Gasteiger partial charge is 0.361 e. The number of nitrogens with one attached hydrogen (secondary N) is 2. The van der Waals surface area contributed by atoms with Crippen LogP contribution in [0.1, 0.15) is 34.6 Å². The molecule has 0 unspecified atom stereocenters. The molecule has 0 atom stereocenters. The molecule has 0 radical (unpaired) electrons. The van der Waals surface area contributed by atoms with E-state index in [4.69, 9.17) is 4.52 Å². The van der Waals surface area contributed by atoms with Crippen LogP contribution in [0.15, 0.2) is 10.9 Å². The van der Waals surface area contributed by atoms with Gasteiger partial charge in [-0.15, -0.1) is 0 Å². The summed E-state index contributed by atoms with van der Waals surface area (Å²) in [5.41, 5.74) is 1.17. The van der Waals surface area contributed by atoms with E-state index in [9.17, 15) is 4.79 Å². The predicted octanol–water partition coefficient (Wildman–Crippen LogP) is 0.594. The second-order valence-electron chi connectivity index (χ2n) is 3.53. The smallest absolute Gasteiger partial charge is 0.257 e. The number of hydrogen-bond acceptors (Lipinski definition) is 5. The van der Waals surface area contributed by atoms with Crippen LogP contribution in [0, 0.1) is 6.92 Å². The van der Waals surface area contributed by atoms with E-state index >= 15 is 0 Å². The summed E-state index contributed by atoms with van der Waals surface area (Å²) >= 11 is 0. The van der Waals surface area contributed by atoms with Crippen LogP contribution < -0.4 is 5.32 Å². The molecule has 0 aliphatic rings. The molecular formula is C10H13N5O2. The van der Waals surface area contributed by atoms with Crippen molar-refractivity contribution in [2.24, 2.45) is 0 Å². The number of carbonyl (C=O) groups is 1. The molecule has 2 aromatic heterocycles. The Labute approximate surface area is 97.6 Å². The first kappa shape index (κ1) is 11.3. The van der Waals surface area contributed by atoms with E-state index in [-0.39, 0.29) is 5.91 Å². The summed E-state index contributed by atoms with van der Waals surface area (Å²) in [5.74, 6) is 0.916. The highest BCUT2D eigenvalue weighted by atomic mass is 16.5. The van der Waals surface area contributed by atoms with Crippen LogP contribution in [-0.4, -0.2) is 26.2 Å². The number of hydrogen-bond donors (Lipinski definition) is 2. The van der Waals surface area contributed by atoms with Crippen molar-refractivity contribution in [3.63, 3.8) is 0 Å². The van der Waals surface area contributed by atoms with Crippen molar-refractivity contribution in [2.45, 2.75) is 26.8 Å². The minimum Gasteiger partial charge on any atom is -0.361 e. The molecular weight excluding hydrogens is 222 g/mol. The van der Waals surface area contributed by atoms with E-state index < -0.39 is 0 Å². The van der Waals surface area contributed by atoms with Gasteiger partial charge in [0.15, 0.2) is 0 Å². The average molecular weight is 235 g/mol. The summed E-state index contributed by atoms with van der Waals surface area (Å²) < 4.78 is 5.00. The molecule has 0 bridgehead atoms. The summed E-state index contributed by atoms with van der Waals surface area (Å²) in [6, 6.07) is 0. The maximum Gasteiger partial charge on any atom is 0.257 e. The Kier molecular flexibility index (Phi) is 3.17. The van der Waals surface area contributed by atoms with Gasteiger partial charge in [0.1, 0.15) is 23.5 Å². The predicted molar refractivity (Wildman–Crippen MR) is 58.2 cm³/mol. The summed E-state index contributed by atoms with van der Waals surface area (Å²) in [4.78, 5) is 15.8. The van der Waals surface area contributed by atoms with E-state index in [1.54, 1.807) is 6.92 Å². The summed E-state index contributed by atoms with van der Waals surface area (Å²) in [6.07, 6.45) is 2.05. The average Bonchev–Trinajstić information content (AvgIpc) is 2.94. The van der Waals surface area contributed by atoms with Gasteiger partial charge in [-0.05, 0) is 13.3 Å². The third kappa shape index (κ3) is 2.32. The molecule has 0 aliphatic heterocycles. The van der Waals surface area contributed by atoms with Gasteiger partial charge >= 0.3 is 0 Å². The topological polar surface area (TPSA) is 96.7 Å². The standard InChI is InChI=1S/C10H13N5O2/c1-3-7-9(6(2)17-15-7)10(16)11-4-8-12-5-13-14-8/h5H,3-4H2,1-2H3,(H,11,16)(H,12,13,14). The van der Waals surface area contributed by atoms with Gasteiger partial charge in [-0.3, -0.25) is 9.89 Å². The molecule has 1 amide bonds. The van der Waals surface area contributed by atoms with Crippen LogP contribution in [0.2, 0.25) is 0 Å². The number of amides is 1. The Bertz CT molecular complexity index is 503. The number of aromatic nitrogens is 4. The first-order valence-electron chi connectivity index (χ1n) is 5.30. The lowest BCUT2D eigenvalue weighted by Crippen LogP contribution is -2.24. The fraction of sp³-hybridized carbons (Fsp3) is 0.400. The van der Waals surface area contributed by atoms with Gasteiger partial charge in [-0.2, -0.15) is 5.10 Å². The molecule has 2 aromatic rings. The molecule has 0 saturated carbocycles. The van der Waals surface area contributed by atoms with Crippen molar-refractivity contribution in [1.29, 1.82) is 0 Å². The van der Waals surface area contributed by atoms with E-state index in [1.165, 1.54) is 6.33 Å². The maximum atomic E-state index is 11.9. The SMILES string of the molecule is CCc1noc(C)c1C(=O)NCc1ncn[nH]1. The van der Waals surface area contributed by atoms with E-state index in [0.29, 0.717) is 35.8 Å². The van der Waals surface area contributed by atoms with Crippen LogP contribution in [0.25, 0.3) is 0 Å². The zero-order valence-corrected chi connectivity index (χ0v) is 9.65. The quantitative estimate of drug-likeness (QED) is 0.808. The molecule has 0 saturated heterocycles. The molecule has 2 heterocycles. The molecule has 0 aliphatic carbocycles. The minimum atomic E-state index is -0.211. The van der Waals surface area contributed by atoms with Gasteiger partial charge in [0, 0.05) is 0 Å². The Morgan fingerprint density at radius 2 is 2.41 bits per heavy atom. The highest BCUT2D eigenvalue weighted by molar-refractivity contribution is 5.96. The van der Waals surface area contributed by atoms with Crippen LogP contribution >= 0.6 is 0 Å². The Balaban J connectivity index is 2.06. The van der Waals surface area contributed by atoms with Crippen molar-refractivity contribution in [3.05, 3.63) is 29.2 Å². The third-order valence-electron chi connectivity index (χ3n) is 2.38. The number of rotatable bonds is 4. The van der Waals surface area contributed by atoms with Crippen molar-refractivity contribution < 1.29 is 9.32 Å². The number of H-pyrrole nitrogens is 1. The summed E-state index contributed by atoms with van der Waals surface area (Å²) in [5, 5.41) is 12.9. The number of nitrogens with zero attached hydrogens (tertiary/aromatic N) is 3. The third-order valence-corrected chi connectivity index (χ3v) is 2.38. The highest BCUT2D eigenvalue weighted by Crippen LogP contribution is 2.13. The van der Waals surface area contributed by atoms with Crippen LogP contribution in [0.4, 0.5) is 0 Å². The fourth-order valence-corrected chi connectivity index (χ4v) is 1.52. The lowest BCUT2D eigenvalue weighted by molar-refractivity contribution is 0.0947. The molecule has 17 heavy (non-hydrogen) atoms. The Morgan fingerprint density at radius 1 is 1.59 bits per heavy atom. The van der Waals surface area contributed by atoms with Crippen molar-refractivity contribution >= 4 is 5.91 Å². The van der Waals surface area contributed by atoms with Gasteiger partial charge in [-0.1, -0.05) is 12.1 Å². The number of carbonyl (C=O) groups excluding carboxylic acids is 1. The van der Waals surface area contributed by atoms with E-state index in [2.05, 4.69) is 25.7 Å². The van der Waals surface area contributed by atoms with Crippen molar-refractivity contribution in [3.8, 4) is 0 Å². The first-order valence-corrected chi connectivity index (χ1v) is 5.30. The second kappa shape index (κ2) is 4.77.